The van der Waals surface area contributed by atoms with Crippen LogP contribution in [0.15, 0.2) is 16.5 Å². The van der Waals surface area contributed by atoms with Crippen molar-refractivity contribution >= 4 is 6.03 Å². The van der Waals surface area contributed by atoms with Gasteiger partial charge in [-0.05, 0) is 19.1 Å². The summed E-state index contributed by atoms with van der Waals surface area (Å²) < 4.78 is 5.29. The van der Waals surface area contributed by atoms with Crippen LogP contribution in [-0.4, -0.2) is 18.0 Å². The summed E-state index contributed by atoms with van der Waals surface area (Å²) in [6.07, 6.45) is 0. The van der Waals surface area contributed by atoms with Gasteiger partial charge in [0.1, 0.15) is 11.5 Å². The first-order valence-electron chi connectivity index (χ1n) is 3.90. The summed E-state index contributed by atoms with van der Waals surface area (Å²) in [6, 6.07) is 3.34. The van der Waals surface area contributed by atoms with E-state index in [2.05, 4.69) is 0 Å². The molecule has 0 saturated carbocycles. The van der Waals surface area contributed by atoms with Gasteiger partial charge < -0.3 is 9.32 Å². The Morgan fingerprint density at radius 3 is 2.85 bits per heavy atom. The summed E-state index contributed by atoms with van der Waals surface area (Å²) in [4.78, 5) is 12.4. The number of urea groups is 1. The van der Waals surface area contributed by atoms with E-state index in [-0.39, 0.29) is 6.03 Å². The molecule has 0 unspecified atom stereocenters. The van der Waals surface area contributed by atoms with Crippen molar-refractivity contribution in [3.05, 3.63) is 23.7 Å². The van der Waals surface area contributed by atoms with Crippen molar-refractivity contribution in [3.8, 4) is 0 Å². The molecule has 5 nitrogen and oxygen atoms in total. The van der Waals surface area contributed by atoms with Crippen LogP contribution in [0.25, 0.3) is 0 Å². The van der Waals surface area contributed by atoms with Gasteiger partial charge in [0, 0.05) is 7.05 Å². The lowest BCUT2D eigenvalue weighted by Gasteiger charge is -2.13. The van der Waals surface area contributed by atoms with Crippen molar-refractivity contribution < 1.29 is 9.21 Å². The number of nitrogens with two attached hydrogens (primary N) is 1. The van der Waals surface area contributed by atoms with Crippen molar-refractivity contribution in [2.75, 3.05) is 7.05 Å². The molecule has 72 valence electrons. The van der Waals surface area contributed by atoms with Crippen LogP contribution in [0, 0.1) is 6.92 Å². The number of carbonyl (C=O) groups excluding carboxylic acids is 1. The smallest absolute Gasteiger partial charge is 0.331 e. The fraction of sp³-hybridized carbons (Fsp3) is 0.375. The minimum atomic E-state index is -0.339. The molecule has 5 heteroatoms. The van der Waals surface area contributed by atoms with E-state index in [4.69, 9.17) is 10.3 Å². The molecule has 1 aromatic rings. The molecule has 0 fully saturated rings. The predicted octanol–water partition coefficient (Wildman–Crippen LogP) is 0.603. The fourth-order valence-corrected chi connectivity index (χ4v) is 0.986. The van der Waals surface area contributed by atoms with Crippen molar-refractivity contribution in [2.24, 2.45) is 5.84 Å². The lowest BCUT2D eigenvalue weighted by atomic mass is 10.4. The first-order valence-corrected chi connectivity index (χ1v) is 3.90. The molecule has 0 aromatic carbocycles. The standard InChI is InChI=1S/C8H13N3O2/c1-6-3-4-7(13-6)5-11(2)8(12)10-9/h3-4H,5,9H2,1-2H3,(H,10,12). The maximum absolute atomic E-state index is 11.0. The highest BCUT2D eigenvalue weighted by molar-refractivity contribution is 5.72. The first-order chi connectivity index (χ1) is 6.13. The molecule has 0 saturated heterocycles. The van der Waals surface area contributed by atoms with Crippen LogP contribution < -0.4 is 11.3 Å². The van der Waals surface area contributed by atoms with E-state index in [1.54, 1.807) is 7.05 Å². The average molecular weight is 183 g/mol. The molecule has 0 bridgehead atoms. The number of hydrazine groups is 1. The van der Waals surface area contributed by atoms with Gasteiger partial charge in [-0.3, -0.25) is 5.43 Å². The Kier molecular flexibility index (Phi) is 2.92. The summed E-state index contributed by atoms with van der Waals surface area (Å²) in [5, 5.41) is 0. The third-order valence-electron chi connectivity index (χ3n) is 1.66. The monoisotopic (exact) mass is 183 g/mol. The highest BCUT2D eigenvalue weighted by atomic mass is 16.3. The van der Waals surface area contributed by atoms with Crippen LogP contribution in [0.2, 0.25) is 0 Å². The van der Waals surface area contributed by atoms with Crippen molar-refractivity contribution in [3.63, 3.8) is 0 Å². The van der Waals surface area contributed by atoms with Gasteiger partial charge in [0.25, 0.3) is 0 Å². The van der Waals surface area contributed by atoms with E-state index in [1.807, 2.05) is 24.5 Å². The number of furan rings is 1. The number of nitrogens with zero attached hydrogens (tertiary/aromatic N) is 1. The van der Waals surface area contributed by atoms with Gasteiger partial charge in [-0.15, -0.1) is 0 Å². The number of hydrogen-bond acceptors (Lipinski definition) is 3. The molecule has 3 N–H and O–H groups in total. The molecule has 1 heterocycles. The second kappa shape index (κ2) is 3.95. The minimum absolute atomic E-state index is 0.339. The number of carbonyl (C=O) groups is 1. The largest absolute Gasteiger partial charge is 0.464 e. The third-order valence-corrected chi connectivity index (χ3v) is 1.66. The van der Waals surface area contributed by atoms with Crippen LogP contribution in [0.5, 0.6) is 0 Å². The van der Waals surface area contributed by atoms with E-state index in [1.165, 1.54) is 4.90 Å². The van der Waals surface area contributed by atoms with Gasteiger partial charge in [0.15, 0.2) is 0 Å². The summed E-state index contributed by atoms with van der Waals surface area (Å²) in [5.41, 5.74) is 2.04. The maximum atomic E-state index is 11.0. The summed E-state index contributed by atoms with van der Waals surface area (Å²) in [5.74, 6) is 6.53. The maximum Gasteiger partial charge on any atom is 0.331 e. The number of amides is 2. The predicted molar refractivity (Wildman–Crippen MR) is 47.6 cm³/mol. The molecule has 0 radical (unpaired) electrons. The average Bonchev–Trinajstić information content (AvgIpc) is 2.49. The van der Waals surface area contributed by atoms with Crippen molar-refractivity contribution in [1.82, 2.24) is 10.3 Å². The lowest BCUT2D eigenvalue weighted by Crippen LogP contribution is -2.40. The van der Waals surface area contributed by atoms with E-state index >= 15 is 0 Å². The molecule has 0 aliphatic carbocycles. The minimum Gasteiger partial charge on any atom is -0.464 e. The van der Waals surface area contributed by atoms with Gasteiger partial charge in [-0.2, -0.15) is 0 Å². The van der Waals surface area contributed by atoms with Crippen LogP contribution in [-0.2, 0) is 6.54 Å². The molecule has 1 aromatic heterocycles. The molecule has 13 heavy (non-hydrogen) atoms. The molecule has 0 aliphatic heterocycles. The Labute approximate surface area is 76.5 Å². The van der Waals surface area contributed by atoms with Crippen LogP contribution in [0.1, 0.15) is 11.5 Å². The van der Waals surface area contributed by atoms with E-state index in [0.29, 0.717) is 6.54 Å². The molecule has 2 amide bonds. The molecular formula is C8H13N3O2. The van der Waals surface area contributed by atoms with Crippen LogP contribution in [0.3, 0.4) is 0 Å². The lowest BCUT2D eigenvalue weighted by molar-refractivity contribution is 0.203. The Morgan fingerprint density at radius 2 is 2.38 bits per heavy atom. The number of aryl methyl sites for hydroxylation is 1. The van der Waals surface area contributed by atoms with Gasteiger partial charge in [-0.1, -0.05) is 0 Å². The number of hydrogen-bond donors (Lipinski definition) is 2. The Morgan fingerprint density at radius 1 is 1.69 bits per heavy atom. The highest BCUT2D eigenvalue weighted by Crippen LogP contribution is 2.08. The number of nitrogens with one attached hydrogen (secondary N) is 1. The normalized spacial score (nSPS) is 9.77. The molecule has 0 spiro atoms. The second-order valence-corrected chi connectivity index (χ2v) is 2.82. The summed E-state index contributed by atoms with van der Waals surface area (Å²) in [7, 11) is 1.64. The van der Waals surface area contributed by atoms with E-state index < -0.39 is 0 Å². The topological polar surface area (TPSA) is 71.5 Å². The third kappa shape index (κ3) is 2.48. The zero-order valence-electron chi connectivity index (χ0n) is 7.70. The Hall–Kier alpha value is -1.49. The Bertz CT molecular complexity index is 295. The quantitative estimate of drug-likeness (QED) is 0.400. The molecule has 0 atom stereocenters. The second-order valence-electron chi connectivity index (χ2n) is 2.82. The van der Waals surface area contributed by atoms with Crippen molar-refractivity contribution in [1.29, 1.82) is 0 Å². The van der Waals surface area contributed by atoms with Crippen molar-refractivity contribution in [2.45, 2.75) is 13.5 Å². The van der Waals surface area contributed by atoms with Crippen LogP contribution in [0.4, 0.5) is 4.79 Å². The summed E-state index contributed by atoms with van der Waals surface area (Å²) >= 11 is 0. The SMILES string of the molecule is Cc1ccc(CN(C)C(=O)NN)o1. The molecule has 0 aliphatic rings. The fourth-order valence-electron chi connectivity index (χ4n) is 0.986. The van der Waals surface area contributed by atoms with Crippen LogP contribution >= 0.6 is 0 Å². The van der Waals surface area contributed by atoms with E-state index in [0.717, 1.165) is 11.5 Å². The zero-order chi connectivity index (χ0) is 9.84. The Balaban J connectivity index is 2.54. The van der Waals surface area contributed by atoms with Gasteiger partial charge in [-0.25, -0.2) is 10.6 Å². The molecular weight excluding hydrogens is 170 g/mol. The van der Waals surface area contributed by atoms with Gasteiger partial charge >= 0.3 is 6.03 Å². The zero-order valence-corrected chi connectivity index (χ0v) is 7.70. The number of rotatable bonds is 2. The van der Waals surface area contributed by atoms with Gasteiger partial charge in [0.2, 0.25) is 0 Å². The highest BCUT2D eigenvalue weighted by Gasteiger charge is 2.08. The molecule has 1 rings (SSSR count). The first kappa shape index (κ1) is 9.60. The van der Waals surface area contributed by atoms with Gasteiger partial charge in [0.05, 0.1) is 6.54 Å². The summed E-state index contributed by atoms with van der Waals surface area (Å²) in [6.45, 7) is 2.27. The van der Waals surface area contributed by atoms with E-state index in [9.17, 15) is 4.79 Å².